The molecule has 180 valence electrons. The lowest BCUT2D eigenvalue weighted by atomic mass is 10.1. The number of aryl methyl sites for hydroxylation is 1. The second kappa shape index (κ2) is 10.8. The van der Waals surface area contributed by atoms with Gasteiger partial charge in [0.05, 0.1) is 34.0 Å². The Balaban J connectivity index is 1.31. The summed E-state index contributed by atoms with van der Waals surface area (Å²) >= 11 is 7.25. The van der Waals surface area contributed by atoms with Gasteiger partial charge >= 0.3 is 0 Å². The van der Waals surface area contributed by atoms with Crippen LogP contribution in [0.3, 0.4) is 0 Å². The number of ether oxygens (including phenoxy) is 1. The summed E-state index contributed by atoms with van der Waals surface area (Å²) in [7, 11) is 1.65. The Morgan fingerprint density at radius 3 is 2.50 bits per heavy atom. The molecule has 0 fully saturated rings. The molecule has 0 radical (unpaired) electrons. The van der Waals surface area contributed by atoms with E-state index in [1.165, 1.54) is 11.3 Å². The molecule has 0 aliphatic carbocycles. The van der Waals surface area contributed by atoms with Crippen LogP contribution in [0.5, 0.6) is 5.75 Å². The monoisotopic (exact) mass is 514 g/mol. The van der Waals surface area contributed by atoms with Crippen molar-refractivity contribution in [1.82, 2.24) is 14.1 Å². The van der Waals surface area contributed by atoms with Gasteiger partial charge in [-0.15, -0.1) is 11.3 Å². The molecule has 0 spiro atoms. The molecule has 8 heteroatoms. The molecule has 0 atom stereocenters. The Morgan fingerprint density at radius 1 is 1.00 bits per heavy atom. The average molecular weight is 515 g/mol. The SMILES string of the molecule is COc1ccc(N=c2ccccn2-c2ccc(-n3cnc(CCC(=O)c4ccc(Cl)s4)c3)cc2)cc1. The second-order valence-electron chi connectivity index (χ2n) is 8.05. The number of aromatic nitrogens is 3. The minimum absolute atomic E-state index is 0.0848. The number of pyridine rings is 1. The van der Waals surface area contributed by atoms with Crippen LogP contribution in [0, 0.1) is 0 Å². The van der Waals surface area contributed by atoms with Crippen LogP contribution in [-0.4, -0.2) is 27.0 Å². The number of benzene rings is 2. The van der Waals surface area contributed by atoms with Crippen molar-refractivity contribution in [3.8, 4) is 17.1 Å². The number of halogens is 1. The summed E-state index contributed by atoms with van der Waals surface area (Å²) in [6.45, 7) is 0. The maximum Gasteiger partial charge on any atom is 0.173 e. The summed E-state index contributed by atoms with van der Waals surface area (Å²) in [6.07, 6.45) is 6.71. The van der Waals surface area contributed by atoms with Gasteiger partial charge in [0.2, 0.25) is 0 Å². The number of hydrogen-bond acceptors (Lipinski definition) is 5. The van der Waals surface area contributed by atoms with Gasteiger partial charge in [0.1, 0.15) is 11.2 Å². The summed E-state index contributed by atoms with van der Waals surface area (Å²) in [5.41, 5.74) is 4.51. The van der Waals surface area contributed by atoms with E-state index in [2.05, 4.69) is 4.98 Å². The minimum Gasteiger partial charge on any atom is -0.497 e. The second-order valence-corrected chi connectivity index (χ2v) is 9.77. The number of methoxy groups -OCH3 is 1. The van der Waals surface area contributed by atoms with E-state index in [9.17, 15) is 4.79 Å². The molecule has 2 aromatic carbocycles. The summed E-state index contributed by atoms with van der Waals surface area (Å²) < 4.78 is 9.86. The number of rotatable bonds is 8. The maximum atomic E-state index is 12.4. The van der Waals surface area contributed by atoms with E-state index in [-0.39, 0.29) is 5.78 Å². The molecule has 0 N–H and O–H groups in total. The van der Waals surface area contributed by atoms with Crippen LogP contribution >= 0.6 is 22.9 Å². The van der Waals surface area contributed by atoms with Crippen LogP contribution in [0.25, 0.3) is 11.4 Å². The highest BCUT2D eigenvalue weighted by molar-refractivity contribution is 7.18. The molecule has 5 aromatic rings. The van der Waals surface area contributed by atoms with Crippen LogP contribution < -0.4 is 10.2 Å². The van der Waals surface area contributed by atoms with Gasteiger partial charge in [0.15, 0.2) is 5.78 Å². The lowest BCUT2D eigenvalue weighted by Crippen LogP contribution is -2.17. The largest absolute Gasteiger partial charge is 0.497 e. The highest BCUT2D eigenvalue weighted by atomic mass is 35.5. The molecule has 0 bridgehead atoms. The predicted molar refractivity (Wildman–Crippen MR) is 143 cm³/mol. The number of carbonyl (C=O) groups excluding carboxylic acids is 1. The van der Waals surface area contributed by atoms with Crippen molar-refractivity contribution in [2.75, 3.05) is 7.11 Å². The third kappa shape index (κ3) is 5.48. The van der Waals surface area contributed by atoms with Gasteiger partial charge in [-0.2, -0.15) is 0 Å². The number of thiophene rings is 1. The van der Waals surface area contributed by atoms with Crippen LogP contribution in [0.2, 0.25) is 4.34 Å². The van der Waals surface area contributed by atoms with Crippen molar-refractivity contribution in [3.05, 3.63) is 118 Å². The zero-order chi connectivity index (χ0) is 24.9. The van der Waals surface area contributed by atoms with E-state index in [0.29, 0.717) is 22.1 Å². The first-order valence-electron chi connectivity index (χ1n) is 11.4. The van der Waals surface area contributed by atoms with Gasteiger partial charge < -0.3 is 13.9 Å². The summed E-state index contributed by atoms with van der Waals surface area (Å²) in [6, 6.07) is 25.3. The molecule has 0 unspecified atom stereocenters. The van der Waals surface area contributed by atoms with Crippen molar-refractivity contribution in [1.29, 1.82) is 0 Å². The number of nitrogens with zero attached hydrogens (tertiary/aromatic N) is 4. The molecule has 0 aliphatic heterocycles. The first-order valence-corrected chi connectivity index (χ1v) is 12.6. The summed E-state index contributed by atoms with van der Waals surface area (Å²) in [5, 5.41) is 0. The normalized spacial score (nSPS) is 11.6. The van der Waals surface area contributed by atoms with Crippen LogP contribution in [0.1, 0.15) is 21.8 Å². The minimum atomic E-state index is 0.0848. The van der Waals surface area contributed by atoms with Crippen molar-refractivity contribution < 1.29 is 9.53 Å². The van der Waals surface area contributed by atoms with Gasteiger partial charge in [-0.25, -0.2) is 9.98 Å². The maximum absolute atomic E-state index is 12.4. The average Bonchev–Trinajstić information content (AvgIpc) is 3.57. The van der Waals surface area contributed by atoms with Gasteiger partial charge in [-0.1, -0.05) is 17.7 Å². The molecular weight excluding hydrogens is 492 g/mol. The van der Waals surface area contributed by atoms with Gasteiger partial charge in [0, 0.05) is 30.2 Å². The quantitative estimate of drug-likeness (QED) is 0.224. The molecule has 6 nitrogen and oxygen atoms in total. The van der Waals surface area contributed by atoms with Crippen LogP contribution in [-0.2, 0) is 6.42 Å². The van der Waals surface area contributed by atoms with E-state index >= 15 is 0 Å². The Kier molecular flexibility index (Phi) is 7.11. The number of imidazole rings is 1. The number of carbonyl (C=O) groups is 1. The molecule has 5 rings (SSSR count). The van der Waals surface area contributed by atoms with Gasteiger partial charge in [0.25, 0.3) is 0 Å². The molecule has 0 amide bonds. The lowest BCUT2D eigenvalue weighted by Gasteiger charge is -2.09. The smallest absolute Gasteiger partial charge is 0.173 e. The molecule has 0 aliphatic rings. The van der Waals surface area contributed by atoms with E-state index in [1.807, 2.05) is 88.3 Å². The topological polar surface area (TPSA) is 61.4 Å². The summed E-state index contributed by atoms with van der Waals surface area (Å²) in [4.78, 5) is 22.3. The van der Waals surface area contributed by atoms with Crippen molar-refractivity contribution in [3.63, 3.8) is 0 Å². The molecule has 0 saturated carbocycles. The number of Topliss-reactive ketones (excluding diaryl/α,β-unsaturated/α-hetero) is 1. The lowest BCUT2D eigenvalue weighted by molar-refractivity contribution is 0.0986. The Bertz CT molecular complexity index is 1550. The molecule has 0 saturated heterocycles. The number of hydrogen-bond donors (Lipinski definition) is 0. The highest BCUT2D eigenvalue weighted by Gasteiger charge is 2.10. The Labute approximate surface area is 217 Å². The third-order valence-electron chi connectivity index (χ3n) is 5.67. The molecule has 36 heavy (non-hydrogen) atoms. The fourth-order valence-electron chi connectivity index (χ4n) is 3.78. The zero-order valence-corrected chi connectivity index (χ0v) is 21.1. The molecular formula is C28H23ClN4O2S. The van der Waals surface area contributed by atoms with E-state index < -0.39 is 0 Å². The van der Waals surface area contributed by atoms with Gasteiger partial charge in [-0.05, 0) is 79.2 Å². The van der Waals surface area contributed by atoms with E-state index in [1.54, 1.807) is 25.6 Å². The Hall–Kier alpha value is -3.94. The van der Waals surface area contributed by atoms with E-state index in [4.69, 9.17) is 21.3 Å². The summed E-state index contributed by atoms with van der Waals surface area (Å²) in [5.74, 6) is 0.883. The fourth-order valence-corrected chi connectivity index (χ4v) is 4.79. The van der Waals surface area contributed by atoms with Crippen LogP contribution in [0.4, 0.5) is 5.69 Å². The fraction of sp³-hybridized carbons (Fsp3) is 0.107. The van der Waals surface area contributed by atoms with Crippen LogP contribution in [0.15, 0.2) is 103 Å². The Morgan fingerprint density at radius 2 is 1.78 bits per heavy atom. The standard InChI is InChI=1S/C28H23ClN4O2S/c1-35-24-12-5-20(6-13-24)31-28-4-2-3-17-33(28)23-10-8-22(9-11-23)32-18-21(30-19-32)7-14-25(34)26-15-16-27(29)36-26/h2-6,8-13,15-19H,7,14H2,1H3. The van der Waals surface area contributed by atoms with Gasteiger partial charge in [-0.3, -0.25) is 4.79 Å². The van der Waals surface area contributed by atoms with E-state index in [0.717, 1.165) is 34.0 Å². The van der Waals surface area contributed by atoms with Crippen molar-refractivity contribution in [2.45, 2.75) is 12.8 Å². The zero-order valence-electron chi connectivity index (χ0n) is 19.5. The number of ketones is 1. The molecule has 3 aromatic heterocycles. The van der Waals surface area contributed by atoms with Crippen molar-refractivity contribution >= 4 is 34.4 Å². The highest BCUT2D eigenvalue weighted by Crippen LogP contribution is 2.23. The predicted octanol–water partition coefficient (Wildman–Crippen LogP) is 6.43. The molecule has 3 heterocycles. The third-order valence-corrected chi connectivity index (χ3v) is 6.94. The first kappa shape index (κ1) is 23.8. The first-order chi connectivity index (χ1) is 17.6. The van der Waals surface area contributed by atoms with Crippen molar-refractivity contribution in [2.24, 2.45) is 4.99 Å².